The zero-order chi connectivity index (χ0) is 17.6. The molecule has 1 unspecified atom stereocenters. The van der Waals surface area contributed by atoms with Crippen molar-refractivity contribution in [2.75, 3.05) is 24.5 Å². The lowest BCUT2D eigenvalue weighted by Gasteiger charge is -2.48. The predicted octanol–water partition coefficient (Wildman–Crippen LogP) is 2.00. The first-order valence-corrected chi connectivity index (χ1v) is 9.04. The second-order valence-corrected chi connectivity index (χ2v) is 7.30. The number of rotatable bonds is 2. The fourth-order valence-corrected chi connectivity index (χ4v) is 4.32. The average molecular weight is 341 g/mol. The summed E-state index contributed by atoms with van der Waals surface area (Å²) in [6.45, 7) is 3.45. The molecule has 4 rings (SSSR count). The molecule has 3 amide bonds. The molecule has 3 aliphatic rings. The Kier molecular flexibility index (Phi) is 3.78. The summed E-state index contributed by atoms with van der Waals surface area (Å²) in [6.07, 6.45) is 4.14. The van der Waals surface area contributed by atoms with Gasteiger partial charge >= 0.3 is 0 Å². The molecule has 132 valence electrons. The van der Waals surface area contributed by atoms with Crippen molar-refractivity contribution >= 4 is 23.4 Å². The number of anilines is 1. The summed E-state index contributed by atoms with van der Waals surface area (Å²) < 4.78 is 0. The molecule has 1 aromatic rings. The lowest BCUT2D eigenvalue weighted by atomic mass is 9.98. The van der Waals surface area contributed by atoms with E-state index >= 15 is 0 Å². The third-order valence-electron chi connectivity index (χ3n) is 5.75. The van der Waals surface area contributed by atoms with Crippen LogP contribution in [0.4, 0.5) is 5.69 Å². The Morgan fingerprint density at radius 1 is 1.12 bits per heavy atom. The number of likely N-dealkylation sites (tertiary alicyclic amines) is 1. The van der Waals surface area contributed by atoms with E-state index in [9.17, 15) is 14.4 Å². The lowest BCUT2D eigenvalue weighted by Crippen LogP contribution is -2.64. The number of hydrogen-bond donors (Lipinski definition) is 0. The first-order valence-electron chi connectivity index (χ1n) is 9.04. The van der Waals surface area contributed by atoms with Crippen molar-refractivity contribution in [3.05, 3.63) is 29.8 Å². The van der Waals surface area contributed by atoms with Gasteiger partial charge < -0.3 is 9.80 Å². The normalized spacial score (nSPS) is 25.9. The van der Waals surface area contributed by atoms with Crippen LogP contribution in [0, 0.1) is 0 Å². The monoisotopic (exact) mass is 341 g/mol. The Hall–Kier alpha value is -2.37. The van der Waals surface area contributed by atoms with Gasteiger partial charge in [-0.15, -0.1) is 0 Å². The number of hydrogen-bond acceptors (Lipinski definition) is 3. The van der Waals surface area contributed by atoms with Gasteiger partial charge in [-0.25, -0.2) is 0 Å². The molecule has 0 spiro atoms. The van der Waals surface area contributed by atoms with Crippen molar-refractivity contribution in [1.82, 2.24) is 9.80 Å². The van der Waals surface area contributed by atoms with Crippen LogP contribution >= 0.6 is 0 Å². The molecule has 2 saturated heterocycles. The Morgan fingerprint density at radius 3 is 2.60 bits per heavy atom. The number of fused-ring (bicyclic) bond motifs is 3. The van der Waals surface area contributed by atoms with E-state index in [4.69, 9.17) is 0 Å². The summed E-state index contributed by atoms with van der Waals surface area (Å²) in [5, 5.41) is 0. The highest BCUT2D eigenvalue weighted by Crippen LogP contribution is 2.43. The van der Waals surface area contributed by atoms with Crippen LogP contribution in [0.2, 0.25) is 0 Å². The van der Waals surface area contributed by atoms with Gasteiger partial charge in [0, 0.05) is 19.5 Å². The first-order chi connectivity index (χ1) is 12.0. The molecule has 1 aromatic carbocycles. The fraction of sp³-hybridized carbons (Fsp3) is 0.526. The van der Waals surface area contributed by atoms with Crippen LogP contribution in [0.5, 0.6) is 0 Å². The van der Waals surface area contributed by atoms with Gasteiger partial charge in [0.2, 0.25) is 11.8 Å². The molecule has 0 aliphatic carbocycles. The molecular weight excluding hydrogens is 318 g/mol. The first kappa shape index (κ1) is 16.1. The minimum Gasteiger partial charge on any atom is -0.341 e. The zero-order valence-corrected chi connectivity index (χ0v) is 14.5. The molecule has 0 N–H and O–H groups in total. The quantitative estimate of drug-likeness (QED) is 0.827. The van der Waals surface area contributed by atoms with Crippen LogP contribution < -0.4 is 4.90 Å². The summed E-state index contributed by atoms with van der Waals surface area (Å²) in [4.78, 5) is 43.6. The highest BCUT2D eigenvalue weighted by Gasteiger charge is 2.53. The second-order valence-electron chi connectivity index (χ2n) is 7.30. The molecule has 0 radical (unpaired) electrons. The van der Waals surface area contributed by atoms with Crippen LogP contribution in [0.1, 0.15) is 49.4 Å². The predicted molar refractivity (Wildman–Crippen MR) is 93.0 cm³/mol. The number of nitrogens with zero attached hydrogens (tertiary/aromatic N) is 3. The minimum absolute atomic E-state index is 0.0119. The second kappa shape index (κ2) is 5.86. The summed E-state index contributed by atoms with van der Waals surface area (Å²) in [5.41, 5.74) is 0.411. The number of carbonyl (C=O) groups is 3. The van der Waals surface area contributed by atoms with Gasteiger partial charge in [-0.1, -0.05) is 12.1 Å². The van der Waals surface area contributed by atoms with Gasteiger partial charge in [-0.3, -0.25) is 19.3 Å². The Bertz CT molecular complexity index is 741. The Balaban J connectivity index is 1.68. The Labute approximate surface area is 147 Å². The van der Waals surface area contributed by atoms with E-state index in [1.54, 1.807) is 21.9 Å². The number of amides is 3. The van der Waals surface area contributed by atoms with Crippen molar-refractivity contribution in [3.8, 4) is 0 Å². The minimum atomic E-state index is -0.756. The van der Waals surface area contributed by atoms with E-state index in [2.05, 4.69) is 0 Å². The van der Waals surface area contributed by atoms with Crippen LogP contribution in [-0.4, -0.2) is 52.8 Å². The van der Waals surface area contributed by atoms with Gasteiger partial charge in [-0.2, -0.15) is 0 Å². The molecule has 2 fully saturated rings. The third-order valence-corrected chi connectivity index (χ3v) is 5.75. The zero-order valence-electron chi connectivity index (χ0n) is 14.5. The summed E-state index contributed by atoms with van der Waals surface area (Å²) in [7, 11) is 0. The Morgan fingerprint density at radius 2 is 1.84 bits per heavy atom. The van der Waals surface area contributed by atoms with Gasteiger partial charge in [0.15, 0.2) is 0 Å². The molecule has 25 heavy (non-hydrogen) atoms. The van der Waals surface area contributed by atoms with E-state index in [-0.39, 0.29) is 24.3 Å². The molecule has 3 heterocycles. The van der Waals surface area contributed by atoms with Crippen molar-refractivity contribution in [1.29, 1.82) is 0 Å². The smallest absolute Gasteiger partial charge is 0.258 e. The van der Waals surface area contributed by atoms with Crippen molar-refractivity contribution in [2.24, 2.45) is 0 Å². The van der Waals surface area contributed by atoms with E-state index in [1.807, 2.05) is 24.0 Å². The molecule has 6 nitrogen and oxygen atoms in total. The number of para-hydroxylation sites is 1. The molecule has 1 atom stereocenters. The number of piperidine rings is 1. The maximum atomic E-state index is 13.1. The average Bonchev–Trinajstić information content (AvgIpc) is 2.95. The van der Waals surface area contributed by atoms with Crippen molar-refractivity contribution in [2.45, 2.75) is 44.7 Å². The summed E-state index contributed by atoms with van der Waals surface area (Å²) >= 11 is 0. The van der Waals surface area contributed by atoms with Gasteiger partial charge in [0.25, 0.3) is 5.91 Å². The van der Waals surface area contributed by atoms with E-state index < -0.39 is 5.66 Å². The SMILES string of the molecule is CC12CCC(=O)N1c1ccccc1C(=O)N2CC(=O)N1CCCCC1. The maximum absolute atomic E-state index is 13.1. The molecule has 0 saturated carbocycles. The molecule has 3 aliphatic heterocycles. The summed E-state index contributed by atoms with van der Waals surface area (Å²) in [6, 6.07) is 7.19. The van der Waals surface area contributed by atoms with Crippen molar-refractivity contribution in [3.63, 3.8) is 0 Å². The summed E-state index contributed by atoms with van der Waals surface area (Å²) in [5.74, 6) is -0.166. The molecule has 6 heteroatoms. The highest BCUT2D eigenvalue weighted by molar-refractivity contribution is 6.11. The number of carbonyl (C=O) groups excluding carboxylic acids is 3. The van der Waals surface area contributed by atoms with E-state index in [1.165, 1.54) is 0 Å². The van der Waals surface area contributed by atoms with E-state index in [0.29, 0.717) is 24.1 Å². The fourth-order valence-electron chi connectivity index (χ4n) is 4.32. The largest absolute Gasteiger partial charge is 0.341 e. The topological polar surface area (TPSA) is 60.9 Å². The third kappa shape index (κ3) is 2.42. The van der Waals surface area contributed by atoms with Crippen LogP contribution in [0.25, 0.3) is 0 Å². The molecule has 0 bridgehead atoms. The van der Waals surface area contributed by atoms with Crippen LogP contribution in [-0.2, 0) is 9.59 Å². The van der Waals surface area contributed by atoms with Crippen LogP contribution in [0.3, 0.4) is 0 Å². The highest BCUT2D eigenvalue weighted by atomic mass is 16.2. The maximum Gasteiger partial charge on any atom is 0.258 e. The van der Waals surface area contributed by atoms with Gasteiger partial charge in [0.1, 0.15) is 12.2 Å². The van der Waals surface area contributed by atoms with E-state index in [0.717, 1.165) is 32.4 Å². The van der Waals surface area contributed by atoms with Crippen LogP contribution in [0.15, 0.2) is 24.3 Å². The standard InChI is InChI=1S/C19H23N3O3/c1-19-10-9-16(23)22(19)15-8-4-3-7-14(15)18(25)21(19)13-17(24)20-11-5-2-6-12-20/h3-4,7-8H,2,5-6,9-13H2,1H3. The lowest BCUT2D eigenvalue weighted by molar-refractivity contribution is -0.134. The molecular formula is C19H23N3O3. The van der Waals surface area contributed by atoms with Gasteiger partial charge in [0.05, 0.1) is 11.3 Å². The molecule has 0 aromatic heterocycles. The van der Waals surface area contributed by atoms with Gasteiger partial charge in [-0.05, 0) is 44.7 Å². The number of benzene rings is 1. The van der Waals surface area contributed by atoms with Crippen molar-refractivity contribution < 1.29 is 14.4 Å².